The Balaban J connectivity index is 1.48. The molecule has 0 radical (unpaired) electrons. The van der Waals surface area contributed by atoms with Gasteiger partial charge in [-0.3, -0.25) is 14.5 Å². The average Bonchev–Trinajstić information content (AvgIpc) is 3.47. The molecule has 2 aliphatic carbocycles. The van der Waals surface area contributed by atoms with Crippen molar-refractivity contribution < 1.29 is 18.7 Å². The minimum atomic E-state index is -0.969. The molecule has 4 atom stereocenters. The molecule has 36 heavy (non-hydrogen) atoms. The number of carbonyl (C=O) groups is 2. The lowest BCUT2D eigenvalue weighted by Crippen LogP contribution is -2.48. The van der Waals surface area contributed by atoms with Gasteiger partial charge in [0.15, 0.2) is 6.61 Å². The van der Waals surface area contributed by atoms with Gasteiger partial charge in [-0.15, -0.1) is 0 Å². The summed E-state index contributed by atoms with van der Waals surface area (Å²) < 4.78 is 20.1. The number of fused-ring (bicyclic) bond motifs is 1. The molecule has 188 valence electrons. The van der Waals surface area contributed by atoms with Crippen molar-refractivity contribution in [3.05, 3.63) is 77.6 Å². The first-order chi connectivity index (χ1) is 17.4. The fourth-order valence-electron chi connectivity index (χ4n) is 5.44. The Morgan fingerprint density at radius 2 is 1.92 bits per heavy atom. The molecular formula is C29H32FN3O3. The Labute approximate surface area is 211 Å². The van der Waals surface area contributed by atoms with Crippen molar-refractivity contribution >= 4 is 23.4 Å². The van der Waals surface area contributed by atoms with Crippen molar-refractivity contribution in [1.29, 1.82) is 0 Å². The second kappa shape index (κ2) is 10.2. The van der Waals surface area contributed by atoms with Gasteiger partial charge in [-0.25, -0.2) is 9.38 Å². The van der Waals surface area contributed by atoms with Gasteiger partial charge in [-0.05, 0) is 86.8 Å². The SMILES string of the molecule is Cc1ccccc1C(C(=O)NC1CC2CC2C1)N(C(=O)COC1=NC(C)CC=C1)c1cccc(F)c1. The largest absolute Gasteiger partial charge is 0.468 e. The van der Waals surface area contributed by atoms with Crippen LogP contribution in [-0.4, -0.2) is 36.4 Å². The number of aryl methyl sites for hydroxylation is 1. The highest BCUT2D eigenvalue weighted by Gasteiger charge is 2.47. The van der Waals surface area contributed by atoms with E-state index in [0.29, 0.717) is 29.0 Å². The normalized spacial score (nSPS) is 24.9. The molecule has 0 bridgehead atoms. The molecule has 2 fully saturated rings. The molecule has 3 aliphatic rings. The van der Waals surface area contributed by atoms with E-state index in [9.17, 15) is 14.0 Å². The summed E-state index contributed by atoms with van der Waals surface area (Å²) in [7, 11) is 0. The second-order valence-electron chi connectivity index (χ2n) is 10.2. The lowest BCUT2D eigenvalue weighted by atomic mass is 9.97. The van der Waals surface area contributed by atoms with Crippen LogP contribution in [0.25, 0.3) is 0 Å². The molecule has 0 saturated heterocycles. The Bertz CT molecular complexity index is 1200. The van der Waals surface area contributed by atoms with E-state index < -0.39 is 17.8 Å². The number of nitrogens with one attached hydrogen (secondary N) is 1. The van der Waals surface area contributed by atoms with Crippen LogP contribution in [0.5, 0.6) is 0 Å². The van der Waals surface area contributed by atoms with Crippen LogP contribution in [-0.2, 0) is 14.3 Å². The van der Waals surface area contributed by atoms with E-state index in [0.717, 1.165) is 24.8 Å². The maximum atomic E-state index is 14.3. The van der Waals surface area contributed by atoms with E-state index in [1.807, 2.05) is 44.2 Å². The van der Waals surface area contributed by atoms with E-state index in [4.69, 9.17) is 4.74 Å². The van der Waals surface area contributed by atoms with Crippen LogP contribution in [0.1, 0.15) is 49.8 Å². The summed E-state index contributed by atoms with van der Waals surface area (Å²) in [6.07, 6.45) is 7.70. The molecule has 1 aliphatic heterocycles. The summed E-state index contributed by atoms with van der Waals surface area (Å²) in [5, 5.41) is 3.19. The molecular weight excluding hydrogens is 457 g/mol. The average molecular weight is 490 g/mol. The standard InChI is InChI=1S/C29H32FN3O3/c1-18-7-3-4-11-25(18)28(29(35)32-23-14-20-13-21(20)15-23)33(24-10-6-9-22(30)16-24)27(34)17-36-26-12-5-8-19(2)31-26/h3-7,9-12,16,19-21,23,28H,8,13-15,17H2,1-2H3,(H,32,35). The number of carbonyl (C=O) groups excluding carboxylic acids is 2. The number of aliphatic imine (C=N–C) groups is 1. The Kier molecular flexibility index (Phi) is 6.90. The number of halogens is 1. The number of amides is 2. The van der Waals surface area contributed by atoms with Crippen LogP contribution in [0, 0.1) is 24.6 Å². The van der Waals surface area contributed by atoms with Crippen molar-refractivity contribution in [2.24, 2.45) is 16.8 Å². The molecule has 6 nitrogen and oxygen atoms in total. The van der Waals surface area contributed by atoms with E-state index in [1.54, 1.807) is 18.2 Å². The maximum absolute atomic E-state index is 14.3. The van der Waals surface area contributed by atoms with Crippen molar-refractivity contribution in [3.63, 3.8) is 0 Å². The second-order valence-corrected chi connectivity index (χ2v) is 10.2. The van der Waals surface area contributed by atoms with E-state index in [1.165, 1.54) is 23.5 Å². The topological polar surface area (TPSA) is 71.0 Å². The zero-order valence-electron chi connectivity index (χ0n) is 20.7. The van der Waals surface area contributed by atoms with Crippen molar-refractivity contribution in [1.82, 2.24) is 5.32 Å². The van der Waals surface area contributed by atoms with Gasteiger partial charge < -0.3 is 10.1 Å². The summed E-state index contributed by atoms with van der Waals surface area (Å²) in [6, 6.07) is 12.5. The van der Waals surface area contributed by atoms with Crippen LogP contribution in [0.15, 0.2) is 65.7 Å². The predicted octanol–water partition coefficient (Wildman–Crippen LogP) is 4.89. The third-order valence-corrected chi connectivity index (χ3v) is 7.36. The molecule has 1 N–H and O–H groups in total. The number of hydrogen-bond acceptors (Lipinski definition) is 4. The number of nitrogens with zero attached hydrogens (tertiary/aromatic N) is 2. The molecule has 7 heteroatoms. The summed E-state index contributed by atoms with van der Waals surface area (Å²) in [5.41, 5.74) is 1.87. The van der Waals surface area contributed by atoms with Crippen LogP contribution in [0.2, 0.25) is 0 Å². The molecule has 2 aromatic rings. The van der Waals surface area contributed by atoms with Gasteiger partial charge >= 0.3 is 0 Å². The molecule has 4 unspecified atom stereocenters. The van der Waals surface area contributed by atoms with Gasteiger partial charge in [0, 0.05) is 11.7 Å². The predicted molar refractivity (Wildman–Crippen MR) is 137 cm³/mol. The molecule has 1 heterocycles. The quantitative estimate of drug-likeness (QED) is 0.602. The zero-order valence-corrected chi connectivity index (χ0v) is 20.7. The van der Waals surface area contributed by atoms with E-state index in [-0.39, 0.29) is 24.6 Å². The van der Waals surface area contributed by atoms with E-state index >= 15 is 0 Å². The molecule has 2 amide bonds. The Morgan fingerprint density at radius 1 is 1.14 bits per heavy atom. The van der Waals surface area contributed by atoms with Crippen LogP contribution < -0.4 is 10.2 Å². The first-order valence-corrected chi connectivity index (χ1v) is 12.7. The summed E-state index contributed by atoms with van der Waals surface area (Å²) >= 11 is 0. The summed E-state index contributed by atoms with van der Waals surface area (Å²) in [6.45, 7) is 3.56. The van der Waals surface area contributed by atoms with Crippen LogP contribution in [0.4, 0.5) is 10.1 Å². The van der Waals surface area contributed by atoms with Crippen molar-refractivity contribution in [2.45, 2.75) is 57.7 Å². The fraction of sp³-hybridized carbons (Fsp3) is 0.414. The van der Waals surface area contributed by atoms with Gasteiger partial charge in [0.1, 0.15) is 11.9 Å². The van der Waals surface area contributed by atoms with Crippen LogP contribution in [0.3, 0.4) is 0 Å². The van der Waals surface area contributed by atoms with Crippen LogP contribution >= 0.6 is 0 Å². The lowest BCUT2D eigenvalue weighted by Gasteiger charge is -2.33. The first-order valence-electron chi connectivity index (χ1n) is 12.7. The first kappa shape index (κ1) is 24.2. The molecule has 2 saturated carbocycles. The molecule has 2 aromatic carbocycles. The van der Waals surface area contributed by atoms with Crippen molar-refractivity contribution in [2.75, 3.05) is 11.5 Å². The molecule has 5 rings (SSSR count). The number of rotatable bonds is 7. The van der Waals surface area contributed by atoms with Crippen molar-refractivity contribution in [3.8, 4) is 0 Å². The summed E-state index contributed by atoms with van der Waals surface area (Å²) in [4.78, 5) is 33.4. The highest BCUT2D eigenvalue weighted by molar-refractivity contribution is 6.03. The third-order valence-electron chi connectivity index (χ3n) is 7.36. The van der Waals surface area contributed by atoms with Gasteiger partial charge in [0.25, 0.3) is 5.91 Å². The fourth-order valence-corrected chi connectivity index (χ4v) is 5.44. The monoisotopic (exact) mass is 489 g/mol. The van der Waals surface area contributed by atoms with Gasteiger partial charge in [0.2, 0.25) is 11.8 Å². The lowest BCUT2D eigenvalue weighted by molar-refractivity contribution is -0.128. The van der Waals surface area contributed by atoms with Gasteiger partial charge in [-0.1, -0.05) is 36.4 Å². The van der Waals surface area contributed by atoms with Gasteiger partial charge in [-0.2, -0.15) is 0 Å². The molecule has 0 aromatic heterocycles. The number of hydrogen-bond donors (Lipinski definition) is 1. The Hall–Kier alpha value is -3.48. The minimum absolute atomic E-state index is 0.0718. The Morgan fingerprint density at radius 3 is 2.64 bits per heavy atom. The maximum Gasteiger partial charge on any atom is 0.265 e. The number of anilines is 1. The third kappa shape index (κ3) is 5.35. The van der Waals surface area contributed by atoms with Gasteiger partial charge in [0.05, 0.1) is 6.04 Å². The number of ether oxygens (including phenoxy) is 1. The zero-order chi connectivity index (χ0) is 25.2. The number of dihydropyridines is 1. The highest BCUT2D eigenvalue weighted by Crippen LogP contribution is 2.51. The highest BCUT2D eigenvalue weighted by atomic mass is 19.1. The minimum Gasteiger partial charge on any atom is -0.468 e. The number of benzene rings is 2. The smallest absolute Gasteiger partial charge is 0.265 e. The van der Waals surface area contributed by atoms with E-state index in [2.05, 4.69) is 10.3 Å². The molecule has 0 spiro atoms. The summed E-state index contributed by atoms with van der Waals surface area (Å²) in [5.74, 6) is 0.578.